The van der Waals surface area contributed by atoms with Crippen LogP contribution in [-0.4, -0.2) is 41.5 Å². The quantitative estimate of drug-likeness (QED) is 0.809. The van der Waals surface area contributed by atoms with Crippen molar-refractivity contribution in [2.24, 2.45) is 18.7 Å². The second kappa shape index (κ2) is 5.92. The summed E-state index contributed by atoms with van der Waals surface area (Å²) in [6, 6.07) is 0. The number of sulfonamides is 1. The number of aryl methyl sites for hydroxylation is 2. The maximum Gasteiger partial charge on any atom is 0.247 e. The van der Waals surface area contributed by atoms with Crippen LogP contribution in [0.1, 0.15) is 25.2 Å². The van der Waals surface area contributed by atoms with E-state index < -0.39 is 15.9 Å². The van der Waals surface area contributed by atoms with Crippen LogP contribution in [0.2, 0.25) is 0 Å². The van der Waals surface area contributed by atoms with E-state index in [1.807, 2.05) is 13.8 Å². The van der Waals surface area contributed by atoms with E-state index >= 15 is 0 Å². The zero-order valence-corrected chi connectivity index (χ0v) is 13.4. The number of hydrogen-bond donors (Lipinski definition) is 1. The van der Waals surface area contributed by atoms with E-state index in [0.717, 1.165) is 4.31 Å². The van der Waals surface area contributed by atoms with Gasteiger partial charge in [-0.15, -0.1) is 0 Å². The largest absolute Gasteiger partial charge is 0.369 e. The maximum absolute atomic E-state index is 12.7. The lowest BCUT2D eigenvalue weighted by Gasteiger charge is -2.22. The van der Waals surface area contributed by atoms with Crippen molar-refractivity contribution in [3.05, 3.63) is 11.4 Å². The molecule has 0 radical (unpaired) electrons. The molecular formula is C12H22N4O3S. The summed E-state index contributed by atoms with van der Waals surface area (Å²) >= 11 is 0. The average molecular weight is 302 g/mol. The van der Waals surface area contributed by atoms with Crippen LogP contribution in [0.3, 0.4) is 0 Å². The summed E-state index contributed by atoms with van der Waals surface area (Å²) in [5, 5.41) is 4.11. The first-order valence-corrected chi connectivity index (χ1v) is 7.80. The van der Waals surface area contributed by atoms with Crippen molar-refractivity contribution < 1.29 is 13.2 Å². The highest BCUT2D eigenvalue weighted by molar-refractivity contribution is 7.89. The van der Waals surface area contributed by atoms with Crippen molar-refractivity contribution in [3.63, 3.8) is 0 Å². The third-order valence-corrected chi connectivity index (χ3v) is 5.01. The van der Waals surface area contributed by atoms with Gasteiger partial charge in [-0.2, -0.15) is 9.40 Å². The number of aromatic nitrogens is 2. The Bertz CT molecular complexity index is 604. The molecule has 0 aromatic carbocycles. The molecule has 8 heteroatoms. The molecule has 1 aromatic heterocycles. The fraction of sp³-hybridized carbons (Fsp3) is 0.667. The monoisotopic (exact) mass is 302 g/mol. The third kappa shape index (κ3) is 3.37. The van der Waals surface area contributed by atoms with Gasteiger partial charge in [0.2, 0.25) is 15.9 Å². The molecule has 1 heterocycles. The van der Waals surface area contributed by atoms with Crippen LogP contribution in [-0.2, 0) is 21.9 Å². The van der Waals surface area contributed by atoms with Gasteiger partial charge in [-0.3, -0.25) is 9.48 Å². The van der Waals surface area contributed by atoms with Crippen LogP contribution in [0.25, 0.3) is 0 Å². The number of nitrogens with two attached hydrogens (primary N) is 1. The first kappa shape index (κ1) is 16.6. The molecule has 0 aliphatic rings. The molecule has 1 aromatic rings. The van der Waals surface area contributed by atoms with Gasteiger partial charge < -0.3 is 5.73 Å². The van der Waals surface area contributed by atoms with Crippen molar-refractivity contribution in [1.82, 2.24) is 14.1 Å². The summed E-state index contributed by atoms with van der Waals surface area (Å²) in [5.41, 5.74) is 6.12. The van der Waals surface area contributed by atoms with Crippen LogP contribution in [0, 0.1) is 19.8 Å². The fourth-order valence-electron chi connectivity index (χ4n) is 2.09. The molecule has 0 fully saturated rings. The van der Waals surface area contributed by atoms with Crippen molar-refractivity contribution in [2.75, 3.05) is 13.1 Å². The lowest BCUT2D eigenvalue weighted by atomic mass is 10.2. The molecule has 0 saturated carbocycles. The van der Waals surface area contributed by atoms with Crippen molar-refractivity contribution in [3.8, 4) is 0 Å². The number of hydrogen-bond acceptors (Lipinski definition) is 4. The van der Waals surface area contributed by atoms with Crippen molar-refractivity contribution >= 4 is 15.9 Å². The Labute approximate surface area is 119 Å². The Kier molecular flexibility index (Phi) is 4.93. The van der Waals surface area contributed by atoms with E-state index in [1.54, 1.807) is 20.9 Å². The van der Waals surface area contributed by atoms with E-state index in [1.165, 1.54) is 4.68 Å². The predicted molar refractivity (Wildman–Crippen MR) is 75.5 cm³/mol. The summed E-state index contributed by atoms with van der Waals surface area (Å²) in [6.45, 7) is 6.99. The highest BCUT2D eigenvalue weighted by atomic mass is 32.2. The number of nitrogens with zero attached hydrogens (tertiary/aromatic N) is 3. The van der Waals surface area contributed by atoms with Crippen LogP contribution < -0.4 is 5.73 Å². The fourth-order valence-corrected chi connectivity index (χ4v) is 4.05. The molecule has 2 N–H and O–H groups in total. The highest BCUT2D eigenvalue weighted by Gasteiger charge is 2.31. The lowest BCUT2D eigenvalue weighted by molar-refractivity contribution is -0.118. The van der Waals surface area contributed by atoms with Gasteiger partial charge in [0.05, 0.1) is 17.9 Å². The first-order valence-electron chi connectivity index (χ1n) is 6.36. The topological polar surface area (TPSA) is 98.3 Å². The second-order valence-electron chi connectivity index (χ2n) is 5.28. The van der Waals surface area contributed by atoms with Gasteiger partial charge in [-0.05, 0) is 19.8 Å². The SMILES string of the molecule is Cc1nn(C)c(C)c1S(=O)(=O)N(CC(N)=O)CC(C)C. The third-order valence-electron chi connectivity index (χ3n) is 2.94. The molecule has 0 aliphatic carbocycles. The first-order chi connectivity index (χ1) is 9.07. The minimum atomic E-state index is -3.78. The molecule has 0 unspecified atom stereocenters. The van der Waals surface area contributed by atoms with Gasteiger partial charge >= 0.3 is 0 Å². The van der Waals surface area contributed by atoms with Gasteiger partial charge in [0.25, 0.3) is 0 Å². The van der Waals surface area contributed by atoms with E-state index in [-0.39, 0.29) is 23.9 Å². The zero-order chi connectivity index (χ0) is 15.7. The Balaban J connectivity index is 3.32. The number of carbonyl (C=O) groups is 1. The summed E-state index contributed by atoms with van der Waals surface area (Å²) in [5.74, 6) is -0.588. The van der Waals surface area contributed by atoms with E-state index in [4.69, 9.17) is 5.73 Å². The van der Waals surface area contributed by atoms with Gasteiger partial charge in [-0.1, -0.05) is 13.8 Å². The van der Waals surface area contributed by atoms with Crippen LogP contribution in [0.15, 0.2) is 4.90 Å². The van der Waals surface area contributed by atoms with Gasteiger partial charge in [0.15, 0.2) is 0 Å². The van der Waals surface area contributed by atoms with Crippen LogP contribution in [0.5, 0.6) is 0 Å². The molecule has 20 heavy (non-hydrogen) atoms. The van der Waals surface area contributed by atoms with Crippen molar-refractivity contribution in [2.45, 2.75) is 32.6 Å². The second-order valence-corrected chi connectivity index (χ2v) is 7.16. The van der Waals surface area contributed by atoms with Gasteiger partial charge in [0, 0.05) is 13.6 Å². The Morgan fingerprint density at radius 3 is 2.30 bits per heavy atom. The van der Waals surface area contributed by atoms with Crippen molar-refractivity contribution in [1.29, 1.82) is 0 Å². The Hall–Kier alpha value is -1.41. The number of carbonyl (C=O) groups excluding carboxylic acids is 1. The average Bonchev–Trinajstić information content (AvgIpc) is 2.50. The molecule has 114 valence electrons. The highest BCUT2D eigenvalue weighted by Crippen LogP contribution is 2.23. The normalized spacial score (nSPS) is 12.3. The molecule has 1 amide bonds. The van der Waals surface area contributed by atoms with Crippen LogP contribution in [0.4, 0.5) is 0 Å². The molecule has 0 bridgehead atoms. The molecule has 0 saturated heterocycles. The number of primary amides is 1. The summed E-state index contributed by atoms with van der Waals surface area (Å²) < 4.78 is 28.1. The molecule has 0 spiro atoms. The molecule has 7 nitrogen and oxygen atoms in total. The summed E-state index contributed by atoms with van der Waals surface area (Å²) in [6.07, 6.45) is 0. The smallest absolute Gasteiger partial charge is 0.247 e. The molecule has 0 atom stereocenters. The van der Waals surface area contributed by atoms with E-state index in [9.17, 15) is 13.2 Å². The predicted octanol–water partition coefficient (Wildman–Crippen LogP) is 0.169. The summed E-state index contributed by atoms with van der Waals surface area (Å²) in [4.78, 5) is 11.3. The maximum atomic E-state index is 12.7. The van der Waals surface area contributed by atoms with Crippen LogP contribution >= 0.6 is 0 Å². The molecular weight excluding hydrogens is 280 g/mol. The number of rotatable bonds is 6. The zero-order valence-electron chi connectivity index (χ0n) is 12.5. The standard InChI is InChI=1S/C12H22N4O3S/c1-8(2)6-16(7-11(13)17)20(18,19)12-9(3)14-15(5)10(12)4/h8H,6-7H2,1-5H3,(H2,13,17). The molecule has 0 aliphatic heterocycles. The Morgan fingerprint density at radius 1 is 1.40 bits per heavy atom. The number of amides is 1. The minimum Gasteiger partial charge on any atom is -0.369 e. The lowest BCUT2D eigenvalue weighted by Crippen LogP contribution is -2.40. The molecule has 1 rings (SSSR count). The summed E-state index contributed by atoms with van der Waals surface area (Å²) in [7, 11) is -2.10. The van der Waals surface area contributed by atoms with Gasteiger partial charge in [-0.25, -0.2) is 8.42 Å². The van der Waals surface area contributed by atoms with Gasteiger partial charge in [0.1, 0.15) is 4.90 Å². The minimum absolute atomic E-state index is 0.0846. The Morgan fingerprint density at radius 2 is 1.95 bits per heavy atom. The van der Waals surface area contributed by atoms with E-state index in [2.05, 4.69) is 5.10 Å². The van der Waals surface area contributed by atoms with E-state index in [0.29, 0.717) is 11.4 Å².